The van der Waals surface area contributed by atoms with Crippen LogP contribution in [0.25, 0.3) is 88.5 Å². The largest absolute Gasteiger partial charge is 0.244 e. The van der Waals surface area contributed by atoms with Crippen LogP contribution in [0.2, 0.25) is 0 Å². The Bertz CT molecular complexity index is 2540. The van der Waals surface area contributed by atoms with Gasteiger partial charge in [0.25, 0.3) is 0 Å². The molecule has 0 atom stereocenters. The smallest absolute Gasteiger partial charge is 0.0979 e. The zero-order valence-corrected chi connectivity index (χ0v) is 22.2. The summed E-state index contributed by atoms with van der Waals surface area (Å²) in [5.41, 5.74) is 13.9. The van der Waals surface area contributed by atoms with Crippen molar-refractivity contribution in [1.29, 1.82) is 0 Å². The Morgan fingerprint density at radius 1 is 0.238 bits per heavy atom. The van der Waals surface area contributed by atoms with Crippen molar-refractivity contribution in [3.8, 4) is 22.3 Å². The van der Waals surface area contributed by atoms with Crippen molar-refractivity contribution in [3.63, 3.8) is 0 Å². The van der Waals surface area contributed by atoms with Gasteiger partial charge in [0.1, 0.15) is 0 Å². The first-order valence-electron chi connectivity index (χ1n) is 13.8. The van der Waals surface area contributed by atoms with Crippen molar-refractivity contribution in [1.82, 2.24) is 29.9 Å². The maximum Gasteiger partial charge on any atom is 0.0979 e. The van der Waals surface area contributed by atoms with E-state index < -0.39 is 0 Å². The quantitative estimate of drug-likeness (QED) is 0.207. The standard InChI is InChI=1S/C36H20N6/c1-4-14-27-24(11-1)37-30-17-7-9-22(34(30)40-27)21-19-20-32-36(42-29-16-6-3-13-26(29)39-32)33(21)23-10-8-18-31-35(23)41-28-15-5-2-12-25(28)38-31/h1-20H. The highest BCUT2D eigenvalue weighted by Crippen LogP contribution is 2.42. The lowest BCUT2D eigenvalue weighted by Crippen LogP contribution is -1.97. The fourth-order valence-corrected chi connectivity index (χ4v) is 5.89. The maximum atomic E-state index is 5.19. The fourth-order valence-electron chi connectivity index (χ4n) is 5.89. The van der Waals surface area contributed by atoms with Gasteiger partial charge in [-0.3, -0.25) is 0 Å². The van der Waals surface area contributed by atoms with Crippen molar-refractivity contribution in [2.24, 2.45) is 0 Å². The van der Waals surface area contributed by atoms with Gasteiger partial charge in [0, 0.05) is 16.7 Å². The lowest BCUT2D eigenvalue weighted by Gasteiger charge is -2.16. The van der Waals surface area contributed by atoms with Crippen LogP contribution >= 0.6 is 0 Å². The average molecular weight is 537 g/mol. The monoisotopic (exact) mass is 536 g/mol. The minimum Gasteiger partial charge on any atom is -0.244 e. The summed E-state index contributed by atoms with van der Waals surface area (Å²) in [7, 11) is 0. The third-order valence-corrected chi connectivity index (χ3v) is 7.81. The number of aromatic nitrogens is 6. The summed E-state index contributed by atoms with van der Waals surface area (Å²) in [5.74, 6) is 0. The van der Waals surface area contributed by atoms with Crippen molar-refractivity contribution in [2.75, 3.05) is 0 Å². The van der Waals surface area contributed by atoms with Crippen LogP contribution in [-0.2, 0) is 0 Å². The van der Waals surface area contributed by atoms with E-state index in [1.54, 1.807) is 0 Å². The molecule has 6 nitrogen and oxygen atoms in total. The molecule has 0 N–H and O–H groups in total. The number of benzene rings is 6. The zero-order chi connectivity index (χ0) is 27.6. The topological polar surface area (TPSA) is 77.3 Å². The van der Waals surface area contributed by atoms with Gasteiger partial charge in [-0.05, 0) is 60.2 Å². The van der Waals surface area contributed by atoms with Gasteiger partial charge in [0.2, 0.25) is 0 Å². The highest BCUT2D eigenvalue weighted by Gasteiger charge is 2.20. The molecule has 9 aromatic rings. The molecule has 9 rings (SSSR count). The van der Waals surface area contributed by atoms with E-state index >= 15 is 0 Å². The third kappa shape index (κ3) is 3.45. The second-order valence-electron chi connectivity index (χ2n) is 10.3. The number of fused-ring (bicyclic) bond motifs is 6. The Morgan fingerprint density at radius 2 is 0.619 bits per heavy atom. The maximum absolute atomic E-state index is 5.19. The summed E-state index contributed by atoms with van der Waals surface area (Å²) < 4.78 is 0. The molecule has 0 bridgehead atoms. The number of para-hydroxylation sites is 8. The molecule has 6 heteroatoms. The summed E-state index contributed by atoms with van der Waals surface area (Å²) in [6, 6.07) is 40.4. The fraction of sp³-hybridized carbons (Fsp3) is 0. The van der Waals surface area contributed by atoms with Gasteiger partial charge in [-0.2, -0.15) is 0 Å². The molecule has 0 saturated carbocycles. The minimum absolute atomic E-state index is 0.805. The first kappa shape index (κ1) is 22.9. The molecule has 3 aromatic heterocycles. The Labute approximate surface area is 239 Å². The van der Waals surface area contributed by atoms with Gasteiger partial charge in [-0.1, -0.05) is 66.7 Å². The van der Waals surface area contributed by atoms with Crippen LogP contribution in [0, 0.1) is 0 Å². The molecular formula is C36H20N6. The second-order valence-corrected chi connectivity index (χ2v) is 10.3. The van der Waals surface area contributed by atoms with E-state index in [4.69, 9.17) is 29.9 Å². The summed E-state index contributed by atoms with van der Waals surface area (Å²) >= 11 is 0. The Kier molecular flexibility index (Phi) is 4.80. The molecule has 0 aliphatic rings. The van der Waals surface area contributed by atoms with E-state index in [0.29, 0.717) is 0 Å². The van der Waals surface area contributed by atoms with Gasteiger partial charge in [-0.15, -0.1) is 0 Å². The summed E-state index contributed by atoms with van der Waals surface area (Å²) in [5, 5.41) is 0. The third-order valence-electron chi connectivity index (χ3n) is 7.81. The lowest BCUT2D eigenvalue weighted by molar-refractivity contribution is 1.37. The van der Waals surface area contributed by atoms with Crippen LogP contribution in [-0.4, -0.2) is 29.9 Å². The predicted octanol–water partition coefficient (Wildman–Crippen LogP) is 8.31. The molecule has 6 aromatic carbocycles. The molecule has 0 saturated heterocycles. The van der Waals surface area contributed by atoms with Gasteiger partial charge < -0.3 is 0 Å². The Balaban J connectivity index is 1.44. The molecule has 0 fully saturated rings. The van der Waals surface area contributed by atoms with E-state index in [1.807, 2.05) is 103 Å². The molecule has 0 unspecified atom stereocenters. The Morgan fingerprint density at radius 3 is 1.14 bits per heavy atom. The first-order chi connectivity index (χ1) is 20.8. The molecule has 42 heavy (non-hydrogen) atoms. The van der Waals surface area contributed by atoms with Crippen molar-refractivity contribution in [3.05, 3.63) is 121 Å². The van der Waals surface area contributed by atoms with E-state index in [2.05, 4.69) is 18.2 Å². The number of hydrogen-bond acceptors (Lipinski definition) is 6. The van der Waals surface area contributed by atoms with Gasteiger partial charge in [0.05, 0.1) is 66.2 Å². The number of nitrogens with zero attached hydrogens (tertiary/aromatic N) is 6. The molecule has 0 radical (unpaired) electrons. The van der Waals surface area contributed by atoms with Crippen LogP contribution in [0.4, 0.5) is 0 Å². The first-order valence-corrected chi connectivity index (χ1v) is 13.8. The molecular weight excluding hydrogens is 516 g/mol. The van der Waals surface area contributed by atoms with Crippen molar-refractivity contribution >= 4 is 66.2 Å². The second kappa shape index (κ2) is 8.81. The van der Waals surface area contributed by atoms with E-state index in [9.17, 15) is 0 Å². The van der Waals surface area contributed by atoms with E-state index in [-0.39, 0.29) is 0 Å². The number of hydrogen-bond donors (Lipinski definition) is 0. The predicted molar refractivity (Wildman–Crippen MR) is 169 cm³/mol. The zero-order valence-electron chi connectivity index (χ0n) is 22.2. The number of rotatable bonds is 2. The minimum atomic E-state index is 0.805. The average Bonchev–Trinajstić information content (AvgIpc) is 3.04. The van der Waals surface area contributed by atoms with Crippen LogP contribution in [0.15, 0.2) is 121 Å². The van der Waals surface area contributed by atoms with E-state index in [1.165, 1.54) is 0 Å². The lowest BCUT2D eigenvalue weighted by atomic mass is 9.91. The highest BCUT2D eigenvalue weighted by molar-refractivity contribution is 6.11. The summed E-state index contributed by atoms with van der Waals surface area (Å²) in [6.07, 6.45) is 0. The summed E-state index contributed by atoms with van der Waals surface area (Å²) in [6.45, 7) is 0. The molecule has 0 spiro atoms. The van der Waals surface area contributed by atoms with Crippen LogP contribution in [0.5, 0.6) is 0 Å². The Hall–Kier alpha value is -5.88. The molecule has 0 aliphatic heterocycles. The summed E-state index contributed by atoms with van der Waals surface area (Å²) in [4.78, 5) is 30.3. The molecule has 3 heterocycles. The normalized spacial score (nSPS) is 11.8. The van der Waals surface area contributed by atoms with Crippen LogP contribution in [0.3, 0.4) is 0 Å². The molecule has 0 amide bonds. The highest BCUT2D eigenvalue weighted by atomic mass is 14.8. The molecule has 194 valence electrons. The van der Waals surface area contributed by atoms with Gasteiger partial charge >= 0.3 is 0 Å². The molecule has 0 aliphatic carbocycles. The van der Waals surface area contributed by atoms with Gasteiger partial charge in [-0.25, -0.2) is 29.9 Å². The van der Waals surface area contributed by atoms with Gasteiger partial charge in [0.15, 0.2) is 0 Å². The van der Waals surface area contributed by atoms with Crippen molar-refractivity contribution < 1.29 is 0 Å². The van der Waals surface area contributed by atoms with E-state index in [0.717, 1.165) is 88.5 Å². The van der Waals surface area contributed by atoms with Crippen LogP contribution < -0.4 is 0 Å². The van der Waals surface area contributed by atoms with Crippen molar-refractivity contribution in [2.45, 2.75) is 0 Å². The SMILES string of the molecule is c1ccc2nc3c(-c4ccc5nc6ccccc6nc5c4-c4cccc5nc6ccccc6nc45)cccc3nc2c1. The van der Waals surface area contributed by atoms with Crippen LogP contribution in [0.1, 0.15) is 0 Å².